The van der Waals surface area contributed by atoms with Crippen LogP contribution in [0.4, 0.5) is 4.39 Å². The lowest BCUT2D eigenvalue weighted by atomic mass is 9.97. The lowest BCUT2D eigenvalue weighted by molar-refractivity contribution is 0.390. The van der Waals surface area contributed by atoms with E-state index in [1.165, 1.54) is 0 Å². The minimum Gasteiger partial charge on any atom is -0.508 e. The summed E-state index contributed by atoms with van der Waals surface area (Å²) in [6, 6.07) is 2.34. The SMILES string of the molecule is CS(=O)(=O)c1cc(O)c(CC2CCCCN2)cc1F. The van der Waals surface area contributed by atoms with E-state index in [1.807, 2.05) is 0 Å². The van der Waals surface area contributed by atoms with E-state index < -0.39 is 20.5 Å². The van der Waals surface area contributed by atoms with E-state index in [9.17, 15) is 17.9 Å². The van der Waals surface area contributed by atoms with Crippen LogP contribution in [0, 0.1) is 5.82 Å². The first-order valence-corrected chi connectivity index (χ1v) is 8.22. The Labute approximate surface area is 112 Å². The zero-order valence-electron chi connectivity index (χ0n) is 10.8. The summed E-state index contributed by atoms with van der Waals surface area (Å²) >= 11 is 0. The minimum absolute atomic E-state index is 0.158. The largest absolute Gasteiger partial charge is 0.508 e. The van der Waals surface area contributed by atoms with Gasteiger partial charge in [0.25, 0.3) is 0 Å². The summed E-state index contributed by atoms with van der Waals surface area (Å²) in [5.74, 6) is -0.958. The van der Waals surface area contributed by atoms with Crippen molar-refractivity contribution >= 4 is 9.84 Å². The first-order chi connectivity index (χ1) is 8.88. The molecule has 0 saturated carbocycles. The Balaban J connectivity index is 2.25. The van der Waals surface area contributed by atoms with Crippen molar-refractivity contribution in [2.75, 3.05) is 12.8 Å². The van der Waals surface area contributed by atoms with Crippen molar-refractivity contribution in [2.45, 2.75) is 36.6 Å². The maximum absolute atomic E-state index is 13.8. The Kier molecular flexibility index (Phi) is 4.10. The van der Waals surface area contributed by atoms with E-state index in [1.54, 1.807) is 0 Å². The zero-order chi connectivity index (χ0) is 14.0. The van der Waals surface area contributed by atoms with Gasteiger partial charge < -0.3 is 10.4 Å². The van der Waals surface area contributed by atoms with Gasteiger partial charge in [0.05, 0.1) is 0 Å². The van der Waals surface area contributed by atoms with Gasteiger partial charge in [0.1, 0.15) is 16.5 Å². The Hall–Kier alpha value is -1.14. The van der Waals surface area contributed by atoms with E-state index in [0.29, 0.717) is 12.0 Å². The maximum atomic E-state index is 13.8. The molecule has 0 aromatic heterocycles. The Morgan fingerprint density at radius 3 is 2.74 bits per heavy atom. The minimum atomic E-state index is -3.66. The molecule has 1 saturated heterocycles. The fourth-order valence-corrected chi connectivity index (χ4v) is 3.13. The Morgan fingerprint density at radius 1 is 1.42 bits per heavy atom. The molecule has 1 aliphatic rings. The van der Waals surface area contributed by atoms with Crippen LogP contribution in [0.5, 0.6) is 5.75 Å². The van der Waals surface area contributed by atoms with Gasteiger partial charge in [-0.05, 0) is 37.4 Å². The second-order valence-corrected chi connectivity index (χ2v) is 7.02. The monoisotopic (exact) mass is 287 g/mol. The quantitative estimate of drug-likeness (QED) is 0.886. The highest BCUT2D eigenvalue weighted by atomic mass is 32.2. The first-order valence-electron chi connectivity index (χ1n) is 6.33. The molecule has 0 spiro atoms. The van der Waals surface area contributed by atoms with Gasteiger partial charge in [0, 0.05) is 18.4 Å². The molecule has 1 unspecified atom stereocenters. The molecule has 6 heteroatoms. The predicted octanol–water partition coefficient (Wildman–Crippen LogP) is 1.62. The number of hydrogen-bond donors (Lipinski definition) is 2. The molecule has 0 radical (unpaired) electrons. The van der Waals surface area contributed by atoms with Crippen molar-refractivity contribution in [1.82, 2.24) is 5.32 Å². The Bertz CT molecular complexity index is 565. The van der Waals surface area contributed by atoms with Crippen molar-refractivity contribution in [3.8, 4) is 5.75 Å². The molecule has 19 heavy (non-hydrogen) atoms. The normalized spacial score (nSPS) is 20.4. The summed E-state index contributed by atoms with van der Waals surface area (Å²) in [7, 11) is -3.66. The molecule has 0 amide bonds. The number of sulfone groups is 1. The molecule has 1 heterocycles. The molecule has 1 aromatic carbocycles. The van der Waals surface area contributed by atoms with Crippen molar-refractivity contribution in [2.24, 2.45) is 0 Å². The van der Waals surface area contributed by atoms with E-state index in [4.69, 9.17) is 0 Å². The number of rotatable bonds is 3. The summed E-state index contributed by atoms with van der Waals surface area (Å²) in [6.45, 7) is 0.926. The van der Waals surface area contributed by atoms with Gasteiger partial charge in [-0.3, -0.25) is 0 Å². The highest BCUT2D eigenvalue weighted by Crippen LogP contribution is 2.27. The fourth-order valence-electron chi connectivity index (χ4n) is 2.40. The average Bonchev–Trinajstić information content (AvgIpc) is 2.33. The standard InChI is InChI=1S/C13H18FNO3S/c1-19(17,18)13-8-12(16)9(7-11(13)14)6-10-4-2-3-5-15-10/h7-8,10,15-16H,2-6H2,1H3. The van der Waals surface area contributed by atoms with Crippen LogP contribution in [-0.2, 0) is 16.3 Å². The first kappa shape index (κ1) is 14.3. The lowest BCUT2D eigenvalue weighted by Gasteiger charge is -2.23. The predicted molar refractivity (Wildman–Crippen MR) is 70.5 cm³/mol. The molecular weight excluding hydrogens is 269 g/mol. The molecule has 2 N–H and O–H groups in total. The summed E-state index contributed by atoms with van der Waals surface area (Å²) in [4.78, 5) is -0.453. The van der Waals surface area contributed by atoms with Crippen LogP contribution in [0.1, 0.15) is 24.8 Å². The number of nitrogens with one attached hydrogen (secondary N) is 1. The van der Waals surface area contributed by atoms with Crippen molar-refractivity contribution in [3.05, 3.63) is 23.5 Å². The number of hydrogen-bond acceptors (Lipinski definition) is 4. The average molecular weight is 287 g/mol. The van der Waals surface area contributed by atoms with Crippen LogP contribution >= 0.6 is 0 Å². The van der Waals surface area contributed by atoms with E-state index >= 15 is 0 Å². The van der Waals surface area contributed by atoms with Crippen LogP contribution in [0.15, 0.2) is 17.0 Å². The van der Waals surface area contributed by atoms with Gasteiger partial charge in [-0.25, -0.2) is 12.8 Å². The number of aromatic hydroxyl groups is 1. The smallest absolute Gasteiger partial charge is 0.178 e. The summed E-state index contributed by atoms with van der Waals surface area (Å²) in [6.07, 6.45) is 4.65. The van der Waals surface area contributed by atoms with Gasteiger partial charge in [0.2, 0.25) is 0 Å². The fraction of sp³-hybridized carbons (Fsp3) is 0.538. The Morgan fingerprint density at radius 2 is 2.16 bits per heavy atom. The van der Waals surface area contributed by atoms with Crippen molar-refractivity contribution in [1.29, 1.82) is 0 Å². The topological polar surface area (TPSA) is 66.4 Å². The third-order valence-electron chi connectivity index (χ3n) is 3.41. The number of halogens is 1. The van der Waals surface area contributed by atoms with Gasteiger partial charge in [-0.15, -0.1) is 0 Å². The van der Waals surface area contributed by atoms with Crippen LogP contribution in [-0.4, -0.2) is 32.4 Å². The summed E-state index contributed by atoms with van der Waals surface area (Å²) in [5, 5.41) is 13.2. The third-order valence-corrected chi connectivity index (χ3v) is 4.52. The van der Waals surface area contributed by atoms with Gasteiger partial charge in [-0.2, -0.15) is 0 Å². The molecular formula is C13H18FNO3S. The van der Waals surface area contributed by atoms with Crippen LogP contribution in [0.2, 0.25) is 0 Å². The molecule has 106 valence electrons. The van der Waals surface area contributed by atoms with Gasteiger partial charge >= 0.3 is 0 Å². The second kappa shape index (κ2) is 5.46. The van der Waals surface area contributed by atoms with Gasteiger partial charge in [0.15, 0.2) is 9.84 Å². The van der Waals surface area contributed by atoms with E-state index in [-0.39, 0.29) is 11.8 Å². The van der Waals surface area contributed by atoms with Crippen LogP contribution < -0.4 is 5.32 Å². The van der Waals surface area contributed by atoms with Crippen molar-refractivity contribution in [3.63, 3.8) is 0 Å². The van der Waals surface area contributed by atoms with E-state index in [0.717, 1.165) is 44.2 Å². The van der Waals surface area contributed by atoms with Crippen LogP contribution in [0.3, 0.4) is 0 Å². The number of piperidine rings is 1. The molecule has 1 aromatic rings. The second-order valence-electron chi connectivity index (χ2n) is 5.03. The molecule has 4 nitrogen and oxygen atoms in total. The molecule has 0 bridgehead atoms. The van der Waals surface area contributed by atoms with E-state index in [2.05, 4.69) is 5.32 Å². The maximum Gasteiger partial charge on any atom is 0.178 e. The molecule has 1 fully saturated rings. The van der Waals surface area contributed by atoms with Crippen LogP contribution in [0.25, 0.3) is 0 Å². The summed E-state index contributed by atoms with van der Waals surface area (Å²) in [5.41, 5.74) is 0.448. The highest BCUT2D eigenvalue weighted by molar-refractivity contribution is 7.90. The lowest BCUT2D eigenvalue weighted by Crippen LogP contribution is -2.35. The number of benzene rings is 1. The van der Waals surface area contributed by atoms with Crippen molar-refractivity contribution < 1.29 is 17.9 Å². The number of phenolic OH excluding ortho intramolecular Hbond substituents is 1. The molecule has 2 rings (SSSR count). The molecule has 1 aliphatic heterocycles. The highest BCUT2D eigenvalue weighted by Gasteiger charge is 2.20. The molecule has 1 atom stereocenters. The molecule has 0 aliphatic carbocycles. The summed E-state index contributed by atoms with van der Waals surface area (Å²) < 4.78 is 36.5. The zero-order valence-corrected chi connectivity index (χ0v) is 11.6. The number of phenols is 1. The van der Waals surface area contributed by atoms with Gasteiger partial charge in [-0.1, -0.05) is 6.42 Å². The third kappa shape index (κ3) is 3.45.